The van der Waals surface area contributed by atoms with Crippen LogP contribution >= 0.6 is 15.9 Å². The van der Waals surface area contributed by atoms with E-state index in [4.69, 9.17) is 4.74 Å². The molecule has 0 aromatic heterocycles. The van der Waals surface area contributed by atoms with Crippen LogP contribution in [0.1, 0.15) is 15.9 Å². The normalized spacial score (nSPS) is 13.8. The van der Waals surface area contributed by atoms with Gasteiger partial charge in [-0.3, -0.25) is 4.79 Å². The molecular weight excluding hydrogens is 220 g/mol. The summed E-state index contributed by atoms with van der Waals surface area (Å²) in [7, 11) is 0. The number of benzene rings is 1. The minimum Gasteiger partial charge on any atom is -0.492 e. The van der Waals surface area contributed by atoms with E-state index >= 15 is 0 Å². The van der Waals surface area contributed by atoms with Crippen LogP contribution in [0.4, 0.5) is 0 Å². The van der Waals surface area contributed by atoms with Crippen molar-refractivity contribution in [2.24, 2.45) is 0 Å². The van der Waals surface area contributed by atoms with Gasteiger partial charge in [-0.05, 0) is 22.0 Å². The van der Waals surface area contributed by atoms with Gasteiger partial charge in [0.15, 0.2) is 0 Å². The summed E-state index contributed by atoms with van der Waals surface area (Å²) >= 11 is 3.37. The van der Waals surface area contributed by atoms with Crippen molar-refractivity contribution in [2.45, 2.75) is 6.42 Å². The average molecular weight is 227 g/mol. The highest BCUT2D eigenvalue weighted by Crippen LogP contribution is 2.35. The number of ether oxygens (including phenoxy) is 1. The fourth-order valence-corrected chi connectivity index (χ4v) is 1.88. The van der Waals surface area contributed by atoms with E-state index in [2.05, 4.69) is 15.9 Å². The van der Waals surface area contributed by atoms with E-state index in [0.29, 0.717) is 6.61 Å². The number of fused-ring (bicyclic) bond motifs is 1. The van der Waals surface area contributed by atoms with Gasteiger partial charge in [-0.2, -0.15) is 0 Å². The zero-order valence-electron chi connectivity index (χ0n) is 6.34. The summed E-state index contributed by atoms with van der Waals surface area (Å²) in [6.07, 6.45) is 1.71. The van der Waals surface area contributed by atoms with Crippen molar-refractivity contribution >= 4 is 22.2 Å². The number of hydrogen-bond donors (Lipinski definition) is 0. The lowest BCUT2D eigenvalue weighted by atomic mass is 10.1. The van der Waals surface area contributed by atoms with Crippen molar-refractivity contribution < 1.29 is 9.53 Å². The Morgan fingerprint density at radius 3 is 3.08 bits per heavy atom. The third-order valence-corrected chi connectivity index (χ3v) is 2.60. The van der Waals surface area contributed by atoms with Crippen LogP contribution in [0.5, 0.6) is 5.75 Å². The molecule has 0 fully saturated rings. The van der Waals surface area contributed by atoms with E-state index in [9.17, 15) is 4.79 Å². The Balaban J connectivity index is 2.64. The molecule has 62 valence electrons. The second-order valence-electron chi connectivity index (χ2n) is 2.66. The zero-order valence-corrected chi connectivity index (χ0v) is 7.93. The zero-order chi connectivity index (χ0) is 8.55. The molecule has 1 aliphatic rings. The van der Waals surface area contributed by atoms with Gasteiger partial charge in [0.05, 0.1) is 11.1 Å². The summed E-state index contributed by atoms with van der Waals surface area (Å²) in [4.78, 5) is 10.6. The van der Waals surface area contributed by atoms with Gasteiger partial charge in [0.1, 0.15) is 12.0 Å². The van der Waals surface area contributed by atoms with Crippen LogP contribution in [0.15, 0.2) is 16.6 Å². The van der Waals surface area contributed by atoms with E-state index in [1.807, 2.05) is 12.1 Å². The van der Waals surface area contributed by atoms with E-state index in [0.717, 1.165) is 34.1 Å². The molecule has 0 unspecified atom stereocenters. The van der Waals surface area contributed by atoms with E-state index in [-0.39, 0.29) is 0 Å². The molecule has 1 heterocycles. The van der Waals surface area contributed by atoms with Gasteiger partial charge in [0.25, 0.3) is 0 Å². The molecule has 0 bridgehead atoms. The van der Waals surface area contributed by atoms with Crippen molar-refractivity contribution in [3.63, 3.8) is 0 Å². The molecule has 0 spiro atoms. The highest BCUT2D eigenvalue weighted by atomic mass is 79.9. The lowest BCUT2D eigenvalue weighted by Crippen LogP contribution is -1.88. The maximum absolute atomic E-state index is 10.6. The fourth-order valence-electron chi connectivity index (χ4n) is 1.39. The first-order valence-electron chi connectivity index (χ1n) is 3.72. The molecular formula is C9H7BrO2. The van der Waals surface area contributed by atoms with Crippen LogP contribution in [-0.4, -0.2) is 12.9 Å². The van der Waals surface area contributed by atoms with E-state index < -0.39 is 0 Å². The molecule has 1 aliphatic heterocycles. The summed E-state index contributed by atoms with van der Waals surface area (Å²) in [5.74, 6) is 0.833. The monoisotopic (exact) mass is 226 g/mol. The molecule has 0 amide bonds. The third-order valence-electron chi connectivity index (χ3n) is 1.97. The van der Waals surface area contributed by atoms with Gasteiger partial charge >= 0.3 is 0 Å². The number of hydrogen-bond acceptors (Lipinski definition) is 2. The maximum atomic E-state index is 10.6. The Morgan fingerprint density at radius 1 is 1.50 bits per heavy atom. The lowest BCUT2D eigenvalue weighted by Gasteiger charge is -2.02. The maximum Gasteiger partial charge on any atom is 0.150 e. The largest absolute Gasteiger partial charge is 0.492 e. The predicted molar refractivity (Wildman–Crippen MR) is 48.7 cm³/mol. The van der Waals surface area contributed by atoms with Crippen molar-refractivity contribution in [2.75, 3.05) is 6.61 Å². The molecule has 12 heavy (non-hydrogen) atoms. The van der Waals surface area contributed by atoms with Gasteiger partial charge in [0.2, 0.25) is 0 Å². The minimum atomic E-state index is 0.679. The summed E-state index contributed by atoms with van der Waals surface area (Å²) < 4.78 is 6.30. The van der Waals surface area contributed by atoms with Crippen molar-refractivity contribution in [3.05, 3.63) is 27.7 Å². The summed E-state index contributed by atoms with van der Waals surface area (Å²) in [6.45, 7) is 0.679. The molecule has 0 atom stereocenters. The highest BCUT2D eigenvalue weighted by molar-refractivity contribution is 9.10. The van der Waals surface area contributed by atoms with E-state index in [1.54, 1.807) is 0 Å². The standard InChI is InChI=1S/C9H7BrO2/c10-8-2-1-6(5-11)7-3-4-12-9(7)8/h1-2,5H,3-4H2. The van der Waals surface area contributed by atoms with Crippen molar-refractivity contribution in [1.29, 1.82) is 0 Å². The molecule has 0 saturated carbocycles. The molecule has 3 heteroatoms. The quantitative estimate of drug-likeness (QED) is 0.687. The molecule has 0 saturated heterocycles. The van der Waals surface area contributed by atoms with Crippen LogP contribution in [-0.2, 0) is 6.42 Å². The molecule has 0 aliphatic carbocycles. The van der Waals surface area contributed by atoms with Gasteiger partial charge in [-0.25, -0.2) is 0 Å². The van der Waals surface area contributed by atoms with Crippen LogP contribution in [0.3, 0.4) is 0 Å². The fraction of sp³-hybridized carbons (Fsp3) is 0.222. The summed E-state index contributed by atoms with van der Waals surface area (Å²) in [6, 6.07) is 3.65. The summed E-state index contributed by atoms with van der Waals surface area (Å²) in [5, 5.41) is 0. The minimum absolute atomic E-state index is 0.679. The van der Waals surface area contributed by atoms with Crippen LogP contribution < -0.4 is 4.74 Å². The number of rotatable bonds is 1. The topological polar surface area (TPSA) is 26.3 Å². The number of carbonyl (C=O) groups excluding carboxylic acids is 1. The average Bonchev–Trinajstić information content (AvgIpc) is 2.54. The SMILES string of the molecule is O=Cc1ccc(Br)c2c1CCO2. The Morgan fingerprint density at radius 2 is 2.33 bits per heavy atom. The molecule has 0 N–H and O–H groups in total. The Labute approximate surface area is 78.7 Å². The van der Waals surface area contributed by atoms with Gasteiger partial charge in [0, 0.05) is 17.5 Å². The molecule has 0 radical (unpaired) electrons. The van der Waals surface area contributed by atoms with Gasteiger partial charge in [-0.1, -0.05) is 6.07 Å². The van der Waals surface area contributed by atoms with Crippen molar-refractivity contribution in [1.82, 2.24) is 0 Å². The first kappa shape index (κ1) is 7.80. The number of carbonyl (C=O) groups is 1. The van der Waals surface area contributed by atoms with Crippen LogP contribution in [0.2, 0.25) is 0 Å². The van der Waals surface area contributed by atoms with Crippen molar-refractivity contribution in [3.8, 4) is 5.75 Å². The first-order chi connectivity index (χ1) is 5.83. The molecule has 1 aromatic carbocycles. The summed E-state index contributed by atoms with van der Waals surface area (Å²) in [5.41, 5.74) is 1.77. The predicted octanol–water partition coefficient (Wildman–Crippen LogP) is 2.20. The Kier molecular flexibility index (Phi) is 1.89. The number of halogens is 1. The van der Waals surface area contributed by atoms with Crippen LogP contribution in [0, 0.1) is 0 Å². The molecule has 1 aromatic rings. The highest BCUT2D eigenvalue weighted by Gasteiger charge is 2.18. The molecule has 2 nitrogen and oxygen atoms in total. The Bertz CT molecular complexity index is 334. The smallest absolute Gasteiger partial charge is 0.150 e. The second kappa shape index (κ2) is 2.90. The lowest BCUT2D eigenvalue weighted by molar-refractivity contribution is 0.112. The van der Waals surface area contributed by atoms with Gasteiger partial charge < -0.3 is 4.74 Å². The second-order valence-corrected chi connectivity index (χ2v) is 3.51. The number of aldehydes is 1. The van der Waals surface area contributed by atoms with Crippen LogP contribution in [0.25, 0.3) is 0 Å². The Hall–Kier alpha value is -0.830. The third kappa shape index (κ3) is 1.05. The van der Waals surface area contributed by atoms with E-state index in [1.165, 1.54) is 0 Å². The van der Waals surface area contributed by atoms with Gasteiger partial charge in [-0.15, -0.1) is 0 Å². The molecule has 2 rings (SSSR count). The first-order valence-corrected chi connectivity index (χ1v) is 4.51.